The van der Waals surface area contributed by atoms with E-state index in [1.54, 1.807) is 53.6 Å². The second-order valence-corrected chi connectivity index (χ2v) is 8.18. The van der Waals surface area contributed by atoms with Crippen molar-refractivity contribution in [2.75, 3.05) is 0 Å². The molecule has 0 fully saturated rings. The van der Waals surface area contributed by atoms with Gasteiger partial charge in [0.15, 0.2) is 4.34 Å². The second kappa shape index (κ2) is 8.28. The molecule has 0 aliphatic rings. The first-order valence-electron chi connectivity index (χ1n) is 8.50. The average molecular weight is 409 g/mol. The Bertz CT molecular complexity index is 1070. The summed E-state index contributed by atoms with van der Waals surface area (Å²) in [7, 11) is 0. The first-order chi connectivity index (χ1) is 13.7. The number of benzene rings is 2. The maximum atomic E-state index is 12.2. The predicted octanol–water partition coefficient (Wildman–Crippen LogP) is 3.99. The molecule has 0 spiro atoms. The molecule has 0 radical (unpaired) electrons. The summed E-state index contributed by atoms with van der Waals surface area (Å²) in [6.45, 7) is 0. The third-order valence-corrected chi connectivity index (χ3v) is 6.24. The standard InChI is InChI=1S/C20H16N4O2S2/c25-18(23-24-19(26)16-5-3-11-21-16)14-9-7-13(8-10-14)12-27-20-22-15-4-1-2-6-17(15)28-20/h1-11,21H,12H2,(H,23,25)(H,24,26). The van der Waals surface area contributed by atoms with Crippen molar-refractivity contribution in [1.29, 1.82) is 0 Å². The van der Waals surface area contributed by atoms with Gasteiger partial charge in [-0.1, -0.05) is 36.0 Å². The molecule has 140 valence electrons. The Kier molecular flexibility index (Phi) is 5.41. The lowest BCUT2D eigenvalue weighted by molar-refractivity contribution is 0.0844. The van der Waals surface area contributed by atoms with E-state index in [9.17, 15) is 9.59 Å². The Balaban J connectivity index is 1.31. The molecule has 0 bridgehead atoms. The van der Waals surface area contributed by atoms with Gasteiger partial charge in [-0.2, -0.15) is 0 Å². The number of aromatic nitrogens is 2. The number of nitrogens with one attached hydrogen (secondary N) is 3. The molecule has 0 saturated heterocycles. The highest BCUT2D eigenvalue weighted by Gasteiger charge is 2.10. The zero-order valence-electron chi connectivity index (χ0n) is 14.6. The van der Waals surface area contributed by atoms with Gasteiger partial charge >= 0.3 is 0 Å². The van der Waals surface area contributed by atoms with Crippen LogP contribution in [-0.2, 0) is 5.75 Å². The minimum Gasteiger partial charge on any atom is -0.357 e. The van der Waals surface area contributed by atoms with E-state index in [-0.39, 0.29) is 5.91 Å². The van der Waals surface area contributed by atoms with Crippen LogP contribution in [0.1, 0.15) is 26.4 Å². The van der Waals surface area contributed by atoms with Gasteiger partial charge in [0.2, 0.25) is 0 Å². The van der Waals surface area contributed by atoms with E-state index in [1.165, 1.54) is 4.70 Å². The number of thiazole rings is 1. The number of amides is 2. The third kappa shape index (κ3) is 4.24. The summed E-state index contributed by atoms with van der Waals surface area (Å²) in [6, 6.07) is 18.7. The summed E-state index contributed by atoms with van der Waals surface area (Å²) >= 11 is 3.35. The molecular weight excluding hydrogens is 392 g/mol. The van der Waals surface area contributed by atoms with Gasteiger partial charge in [0, 0.05) is 17.5 Å². The molecular formula is C20H16N4O2S2. The van der Waals surface area contributed by atoms with Crippen molar-refractivity contribution < 1.29 is 9.59 Å². The van der Waals surface area contributed by atoms with Crippen molar-refractivity contribution in [3.63, 3.8) is 0 Å². The molecule has 0 unspecified atom stereocenters. The number of nitrogens with zero attached hydrogens (tertiary/aromatic N) is 1. The smallest absolute Gasteiger partial charge is 0.286 e. The van der Waals surface area contributed by atoms with Crippen LogP contribution >= 0.6 is 23.1 Å². The highest BCUT2D eigenvalue weighted by Crippen LogP contribution is 2.31. The normalized spacial score (nSPS) is 10.7. The molecule has 0 aliphatic carbocycles. The average Bonchev–Trinajstić information content (AvgIpc) is 3.40. The van der Waals surface area contributed by atoms with Crippen molar-refractivity contribution in [2.45, 2.75) is 10.1 Å². The van der Waals surface area contributed by atoms with Crippen LogP contribution in [0.5, 0.6) is 0 Å². The number of aromatic amines is 1. The molecule has 4 rings (SSSR count). The van der Waals surface area contributed by atoms with Crippen LogP contribution < -0.4 is 10.9 Å². The summed E-state index contributed by atoms with van der Waals surface area (Å²) in [6.07, 6.45) is 1.64. The van der Waals surface area contributed by atoms with Gasteiger partial charge in [0.1, 0.15) is 5.69 Å². The topological polar surface area (TPSA) is 86.9 Å². The Hall–Kier alpha value is -3.10. The van der Waals surface area contributed by atoms with Crippen LogP contribution in [0.3, 0.4) is 0 Å². The number of hydrazine groups is 1. The van der Waals surface area contributed by atoms with Gasteiger partial charge in [0.25, 0.3) is 11.8 Å². The highest BCUT2D eigenvalue weighted by atomic mass is 32.2. The SMILES string of the molecule is O=C(NNC(=O)c1ccc[nH]1)c1ccc(CSc2nc3ccccc3s2)cc1. The number of carbonyl (C=O) groups is 2. The quantitative estimate of drug-likeness (QED) is 0.344. The van der Waals surface area contributed by atoms with Gasteiger partial charge in [-0.05, 0) is 42.0 Å². The second-order valence-electron chi connectivity index (χ2n) is 5.93. The number of H-pyrrole nitrogens is 1. The zero-order chi connectivity index (χ0) is 19.3. The van der Waals surface area contributed by atoms with Gasteiger partial charge in [0.05, 0.1) is 10.2 Å². The Morgan fingerprint density at radius 3 is 2.50 bits per heavy atom. The molecule has 28 heavy (non-hydrogen) atoms. The van der Waals surface area contributed by atoms with Crippen LogP contribution in [0.4, 0.5) is 0 Å². The van der Waals surface area contributed by atoms with Crippen LogP contribution in [0.15, 0.2) is 71.2 Å². The lowest BCUT2D eigenvalue weighted by atomic mass is 10.1. The van der Waals surface area contributed by atoms with Crippen molar-refractivity contribution in [2.24, 2.45) is 0 Å². The molecule has 6 nitrogen and oxygen atoms in total. The largest absolute Gasteiger partial charge is 0.357 e. The number of thioether (sulfide) groups is 1. The fraction of sp³-hybridized carbons (Fsp3) is 0.0500. The number of fused-ring (bicyclic) bond motifs is 1. The molecule has 0 atom stereocenters. The number of carbonyl (C=O) groups excluding carboxylic acids is 2. The highest BCUT2D eigenvalue weighted by molar-refractivity contribution is 8.00. The van der Waals surface area contributed by atoms with Crippen molar-refractivity contribution in [1.82, 2.24) is 20.8 Å². The monoisotopic (exact) mass is 408 g/mol. The van der Waals surface area contributed by atoms with Crippen molar-refractivity contribution in [3.05, 3.63) is 83.7 Å². The van der Waals surface area contributed by atoms with E-state index in [1.807, 2.05) is 30.3 Å². The number of rotatable bonds is 5. The fourth-order valence-corrected chi connectivity index (χ4v) is 4.56. The lowest BCUT2D eigenvalue weighted by Crippen LogP contribution is -2.41. The van der Waals surface area contributed by atoms with Crippen molar-refractivity contribution >= 4 is 45.1 Å². The van der Waals surface area contributed by atoms with Crippen LogP contribution in [0.25, 0.3) is 10.2 Å². The number of para-hydroxylation sites is 1. The lowest BCUT2D eigenvalue weighted by Gasteiger charge is -2.07. The maximum absolute atomic E-state index is 12.2. The van der Waals surface area contributed by atoms with Crippen LogP contribution in [0, 0.1) is 0 Å². The minimum absolute atomic E-state index is 0.370. The minimum atomic E-state index is -0.401. The van der Waals surface area contributed by atoms with Gasteiger partial charge in [-0.25, -0.2) is 4.98 Å². The third-order valence-electron chi connectivity index (χ3n) is 3.98. The van der Waals surface area contributed by atoms with Gasteiger partial charge < -0.3 is 4.98 Å². The Morgan fingerprint density at radius 1 is 0.964 bits per heavy atom. The van der Waals surface area contributed by atoms with Crippen molar-refractivity contribution in [3.8, 4) is 0 Å². The van der Waals surface area contributed by atoms with E-state index >= 15 is 0 Å². The molecule has 3 N–H and O–H groups in total. The first-order valence-corrected chi connectivity index (χ1v) is 10.3. The molecule has 4 aromatic rings. The molecule has 2 aromatic heterocycles. The van der Waals surface area contributed by atoms with E-state index in [2.05, 4.69) is 26.9 Å². The summed E-state index contributed by atoms with van der Waals surface area (Å²) < 4.78 is 2.20. The maximum Gasteiger partial charge on any atom is 0.286 e. The summed E-state index contributed by atoms with van der Waals surface area (Å²) in [5.41, 5.74) is 7.74. The summed E-state index contributed by atoms with van der Waals surface area (Å²) in [4.78, 5) is 31.4. The Morgan fingerprint density at radius 2 is 1.75 bits per heavy atom. The molecule has 8 heteroatoms. The van der Waals surface area contributed by atoms with Crippen LogP contribution in [0.2, 0.25) is 0 Å². The number of hydrogen-bond donors (Lipinski definition) is 3. The predicted molar refractivity (Wildman–Crippen MR) is 111 cm³/mol. The molecule has 2 amide bonds. The Labute approximate surface area is 169 Å². The summed E-state index contributed by atoms with van der Waals surface area (Å²) in [5.74, 6) is -0.00172. The van der Waals surface area contributed by atoms with E-state index in [0.29, 0.717) is 11.3 Å². The zero-order valence-corrected chi connectivity index (χ0v) is 16.3. The first kappa shape index (κ1) is 18.3. The van der Waals surface area contributed by atoms with Gasteiger partial charge in [-0.3, -0.25) is 20.4 Å². The summed E-state index contributed by atoms with van der Waals surface area (Å²) in [5, 5.41) is 0. The molecule has 2 aromatic carbocycles. The van der Waals surface area contributed by atoms with E-state index < -0.39 is 5.91 Å². The van der Waals surface area contributed by atoms with E-state index in [4.69, 9.17) is 0 Å². The van der Waals surface area contributed by atoms with Crippen LogP contribution in [-0.4, -0.2) is 21.8 Å². The number of hydrogen-bond acceptors (Lipinski definition) is 5. The fourth-order valence-electron chi connectivity index (χ4n) is 2.53. The molecule has 2 heterocycles. The van der Waals surface area contributed by atoms with E-state index in [0.717, 1.165) is 21.2 Å². The van der Waals surface area contributed by atoms with Gasteiger partial charge in [-0.15, -0.1) is 11.3 Å². The molecule has 0 aliphatic heterocycles. The molecule has 0 saturated carbocycles.